The van der Waals surface area contributed by atoms with E-state index >= 15 is 0 Å². The van der Waals surface area contributed by atoms with Crippen molar-refractivity contribution in [3.05, 3.63) is 16.4 Å². The second kappa shape index (κ2) is 4.94. The van der Waals surface area contributed by atoms with Gasteiger partial charge >= 0.3 is 0 Å². The van der Waals surface area contributed by atoms with Gasteiger partial charge in [0, 0.05) is 7.05 Å². The zero-order valence-electron chi connectivity index (χ0n) is 9.00. The first kappa shape index (κ1) is 11.7. The average Bonchev–Trinajstić information content (AvgIpc) is 2.46. The van der Waals surface area contributed by atoms with Crippen LogP contribution in [0.5, 0.6) is 0 Å². The van der Waals surface area contributed by atoms with Crippen molar-refractivity contribution >= 4 is 15.9 Å². The van der Waals surface area contributed by atoms with E-state index in [1.807, 2.05) is 11.7 Å². The number of nitrogens with zero attached hydrogens (tertiary/aromatic N) is 2. The third-order valence-corrected chi connectivity index (χ3v) is 3.22. The molecule has 1 aromatic rings. The molecule has 1 rings (SSSR count). The van der Waals surface area contributed by atoms with Crippen LogP contribution in [0.4, 0.5) is 0 Å². The number of halogens is 1. The van der Waals surface area contributed by atoms with Crippen molar-refractivity contribution < 1.29 is 0 Å². The minimum Gasteiger partial charge on any atom is -0.322 e. The van der Waals surface area contributed by atoms with Gasteiger partial charge in [0.2, 0.25) is 0 Å². The third-order valence-electron chi connectivity index (χ3n) is 2.61. The third kappa shape index (κ3) is 2.36. The van der Waals surface area contributed by atoms with Crippen molar-refractivity contribution in [2.45, 2.75) is 32.7 Å². The fourth-order valence-corrected chi connectivity index (χ4v) is 2.31. The van der Waals surface area contributed by atoms with E-state index < -0.39 is 0 Å². The van der Waals surface area contributed by atoms with E-state index in [1.165, 1.54) is 6.42 Å². The normalized spacial score (nSPS) is 15.5. The lowest BCUT2D eigenvalue weighted by Gasteiger charge is -2.20. The van der Waals surface area contributed by atoms with Crippen LogP contribution < -0.4 is 5.73 Å². The van der Waals surface area contributed by atoms with Crippen molar-refractivity contribution in [2.24, 2.45) is 18.7 Å². The van der Waals surface area contributed by atoms with Crippen molar-refractivity contribution in [3.8, 4) is 0 Å². The van der Waals surface area contributed by atoms with Gasteiger partial charge in [-0.15, -0.1) is 0 Å². The molecule has 0 amide bonds. The largest absolute Gasteiger partial charge is 0.322 e. The Labute approximate surface area is 93.8 Å². The molecule has 0 aromatic carbocycles. The second-order valence-corrected chi connectivity index (χ2v) is 4.65. The van der Waals surface area contributed by atoms with Crippen LogP contribution in [0.2, 0.25) is 0 Å². The molecule has 0 bridgehead atoms. The van der Waals surface area contributed by atoms with Gasteiger partial charge in [0.25, 0.3) is 0 Å². The molecule has 0 fully saturated rings. The highest BCUT2D eigenvalue weighted by molar-refractivity contribution is 9.10. The van der Waals surface area contributed by atoms with E-state index in [0.29, 0.717) is 5.92 Å². The Morgan fingerprint density at radius 2 is 2.29 bits per heavy atom. The Bertz CT molecular complexity index is 276. The lowest BCUT2D eigenvalue weighted by atomic mass is 9.95. The number of nitrogens with two attached hydrogens (primary N) is 1. The summed E-state index contributed by atoms with van der Waals surface area (Å²) < 4.78 is 2.86. The van der Waals surface area contributed by atoms with Crippen LogP contribution in [-0.4, -0.2) is 9.78 Å². The monoisotopic (exact) mass is 259 g/mol. The highest BCUT2D eigenvalue weighted by Gasteiger charge is 2.19. The van der Waals surface area contributed by atoms with Gasteiger partial charge in [-0.3, -0.25) is 4.68 Å². The van der Waals surface area contributed by atoms with Gasteiger partial charge in [0.1, 0.15) is 0 Å². The molecule has 1 aromatic heterocycles. The van der Waals surface area contributed by atoms with Crippen LogP contribution in [0.25, 0.3) is 0 Å². The van der Waals surface area contributed by atoms with Gasteiger partial charge in [-0.1, -0.05) is 20.3 Å². The van der Waals surface area contributed by atoms with Gasteiger partial charge in [0.15, 0.2) is 0 Å². The number of aromatic nitrogens is 2. The van der Waals surface area contributed by atoms with E-state index in [-0.39, 0.29) is 6.04 Å². The molecular weight excluding hydrogens is 242 g/mol. The van der Waals surface area contributed by atoms with E-state index in [1.54, 1.807) is 6.20 Å². The quantitative estimate of drug-likeness (QED) is 0.904. The van der Waals surface area contributed by atoms with Gasteiger partial charge in [-0.2, -0.15) is 5.10 Å². The predicted octanol–water partition coefficient (Wildman–Crippen LogP) is 2.62. The first-order valence-electron chi connectivity index (χ1n) is 5.00. The molecule has 0 aliphatic carbocycles. The zero-order chi connectivity index (χ0) is 10.7. The van der Waals surface area contributed by atoms with Gasteiger partial charge < -0.3 is 5.73 Å². The highest BCUT2D eigenvalue weighted by atomic mass is 79.9. The summed E-state index contributed by atoms with van der Waals surface area (Å²) in [7, 11) is 1.93. The molecule has 0 saturated heterocycles. The Morgan fingerprint density at radius 3 is 2.71 bits per heavy atom. The number of rotatable bonds is 4. The van der Waals surface area contributed by atoms with Crippen LogP contribution in [0.3, 0.4) is 0 Å². The topological polar surface area (TPSA) is 43.8 Å². The molecular formula is C10H18BrN3. The lowest BCUT2D eigenvalue weighted by Crippen LogP contribution is -2.22. The van der Waals surface area contributed by atoms with E-state index in [2.05, 4.69) is 34.9 Å². The summed E-state index contributed by atoms with van der Waals surface area (Å²) >= 11 is 3.47. The molecule has 4 heteroatoms. The summed E-state index contributed by atoms with van der Waals surface area (Å²) in [6.45, 7) is 4.37. The van der Waals surface area contributed by atoms with E-state index in [4.69, 9.17) is 5.73 Å². The minimum atomic E-state index is 0.0665. The van der Waals surface area contributed by atoms with Crippen LogP contribution in [0, 0.1) is 5.92 Å². The summed E-state index contributed by atoms with van der Waals surface area (Å²) in [5.74, 6) is 0.492. The second-order valence-electron chi connectivity index (χ2n) is 3.79. The standard InChI is InChI=1S/C10H18BrN3/c1-4-5-7(2)9(12)10-8(11)6-13-14(10)3/h6-7,9H,4-5,12H2,1-3H3. The van der Waals surface area contributed by atoms with Crippen molar-refractivity contribution in [2.75, 3.05) is 0 Å². The smallest absolute Gasteiger partial charge is 0.0692 e. The van der Waals surface area contributed by atoms with Crippen molar-refractivity contribution in [3.63, 3.8) is 0 Å². The van der Waals surface area contributed by atoms with Crippen LogP contribution in [0.1, 0.15) is 38.4 Å². The maximum Gasteiger partial charge on any atom is 0.0692 e. The summed E-state index contributed by atoms with van der Waals surface area (Å²) in [5, 5.41) is 4.17. The van der Waals surface area contributed by atoms with E-state index in [9.17, 15) is 0 Å². The summed E-state index contributed by atoms with van der Waals surface area (Å²) in [6, 6.07) is 0.0665. The molecule has 2 N–H and O–H groups in total. The zero-order valence-corrected chi connectivity index (χ0v) is 10.6. The Morgan fingerprint density at radius 1 is 1.64 bits per heavy atom. The molecule has 14 heavy (non-hydrogen) atoms. The summed E-state index contributed by atoms with van der Waals surface area (Å²) in [6.07, 6.45) is 4.12. The molecule has 3 nitrogen and oxygen atoms in total. The molecule has 0 spiro atoms. The Kier molecular flexibility index (Phi) is 4.13. The van der Waals surface area contributed by atoms with Crippen LogP contribution >= 0.6 is 15.9 Å². The SMILES string of the molecule is CCCC(C)C(N)c1c(Br)cnn1C. The lowest BCUT2D eigenvalue weighted by molar-refractivity contribution is 0.413. The van der Waals surface area contributed by atoms with Crippen LogP contribution in [-0.2, 0) is 7.05 Å². The van der Waals surface area contributed by atoms with Crippen molar-refractivity contribution in [1.29, 1.82) is 0 Å². The summed E-state index contributed by atoms with van der Waals surface area (Å²) in [4.78, 5) is 0. The fourth-order valence-electron chi connectivity index (χ4n) is 1.70. The maximum atomic E-state index is 6.18. The van der Waals surface area contributed by atoms with Gasteiger partial charge in [-0.25, -0.2) is 0 Å². The molecule has 80 valence electrons. The molecule has 1 heterocycles. The Hall–Kier alpha value is -0.350. The number of hydrogen-bond donors (Lipinski definition) is 1. The summed E-state index contributed by atoms with van der Waals surface area (Å²) in [5.41, 5.74) is 7.27. The number of aryl methyl sites for hydroxylation is 1. The maximum absolute atomic E-state index is 6.18. The molecule has 0 aliphatic rings. The Balaban J connectivity index is 2.82. The fraction of sp³-hybridized carbons (Fsp3) is 0.700. The minimum absolute atomic E-state index is 0.0665. The molecule has 2 atom stereocenters. The number of hydrogen-bond acceptors (Lipinski definition) is 2. The van der Waals surface area contributed by atoms with Gasteiger partial charge in [0.05, 0.1) is 22.4 Å². The highest BCUT2D eigenvalue weighted by Crippen LogP contribution is 2.28. The average molecular weight is 260 g/mol. The molecule has 0 saturated carbocycles. The van der Waals surface area contributed by atoms with E-state index in [0.717, 1.165) is 16.6 Å². The van der Waals surface area contributed by atoms with Crippen LogP contribution in [0.15, 0.2) is 10.7 Å². The van der Waals surface area contributed by atoms with Gasteiger partial charge in [-0.05, 0) is 28.3 Å². The first-order chi connectivity index (χ1) is 6.57. The van der Waals surface area contributed by atoms with Crippen molar-refractivity contribution in [1.82, 2.24) is 9.78 Å². The predicted molar refractivity (Wildman–Crippen MR) is 61.9 cm³/mol. The molecule has 0 radical (unpaired) electrons. The molecule has 2 unspecified atom stereocenters. The molecule has 0 aliphatic heterocycles. The first-order valence-corrected chi connectivity index (χ1v) is 5.80.